The number of likely N-dealkylation sites (N-methyl/N-ethyl adjacent to an activating group) is 1. The third-order valence-corrected chi connectivity index (χ3v) is 11.2. The molecule has 5 aromatic carbocycles. The number of fused-ring (bicyclic) bond motifs is 1. The summed E-state index contributed by atoms with van der Waals surface area (Å²) < 4.78 is 28.1. The second-order valence-corrected chi connectivity index (χ2v) is 15.7. The van der Waals surface area contributed by atoms with Gasteiger partial charge >= 0.3 is 12.1 Å². The van der Waals surface area contributed by atoms with Crippen LogP contribution in [-0.2, 0) is 17.9 Å². The molecule has 2 aliphatic heterocycles. The summed E-state index contributed by atoms with van der Waals surface area (Å²) in [4.78, 5) is 60.6. The standard InChI is InChI=1S/C48H49FN4O7/c1-4-52(42-32-51(47(57)58)24-23-38(42)36-21-14-22-37(27-36)59-45(55)35-19-12-7-13-20-35)44(54)39-28-41-43(29-40(39)49)60-48(2,3)46(56)53(41)26-25-50(30-33-15-8-5-9-16-33)31-34-17-10-6-11-18-34/h5-22,27-29,38,42H,4,23-26,30-32H2,1-3H3,(H,57,58)/t38-,42+/m1/s1. The average Bonchev–Trinajstić information content (AvgIpc) is 3.25. The molecule has 7 rings (SSSR count). The first-order valence-corrected chi connectivity index (χ1v) is 20.2. The molecule has 0 aliphatic carbocycles. The minimum Gasteiger partial charge on any atom is -0.476 e. The minimum atomic E-state index is -1.30. The number of rotatable bonds is 13. The molecule has 0 radical (unpaired) electrons. The third-order valence-electron chi connectivity index (χ3n) is 11.2. The quantitative estimate of drug-likeness (QED) is 0.0933. The first-order chi connectivity index (χ1) is 28.9. The van der Waals surface area contributed by atoms with Gasteiger partial charge in [-0.25, -0.2) is 14.0 Å². The maximum atomic E-state index is 16.3. The van der Waals surface area contributed by atoms with Crippen LogP contribution < -0.4 is 14.4 Å². The summed E-state index contributed by atoms with van der Waals surface area (Å²) >= 11 is 0. The average molecular weight is 813 g/mol. The van der Waals surface area contributed by atoms with Gasteiger partial charge in [0.1, 0.15) is 17.3 Å². The van der Waals surface area contributed by atoms with Crippen molar-refractivity contribution in [2.75, 3.05) is 37.6 Å². The molecule has 60 heavy (non-hydrogen) atoms. The van der Waals surface area contributed by atoms with E-state index in [-0.39, 0.29) is 55.0 Å². The van der Waals surface area contributed by atoms with E-state index in [2.05, 4.69) is 29.2 Å². The van der Waals surface area contributed by atoms with Crippen LogP contribution in [0.3, 0.4) is 0 Å². The van der Waals surface area contributed by atoms with Gasteiger partial charge in [-0.1, -0.05) is 91.0 Å². The molecular weight excluding hydrogens is 764 g/mol. The lowest BCUT2D eigenvalue weighted by atomic mass is 9.84. The summed E-state index contributed by atoms with van der Waals surface area (Å²) in [6, 6.07) is 37.5. The van der Waals surface area contributed by atoms with E-state index in [0.29, 0.717) is 37.4 Å². The summed E-state index contributed by atoms with van der Waals surface area (Å²) in [5.41, 5.74) is 2.06. The van der Waals surface area contributed by atoms with Gasteiger partial charge in [-0.2, -0.15) is 0 Å². The topological polar surface area (TPSA) is 120 Å². The molecule has 0 saturated carbocycles. The third kappa shape index (κ3) is 9.34. The molecule has 310 valence electrons. The lowest BCUT2D eigenvalue weighted by molar-refractivity contribution is -0.132. The van der Waals surface area contributed by atoms with Crippen molar-refractivity contribution < 1.29 is 38.1 Å². The number of amides is 3. The zero-order chi connectivity index (χ0) is 42.4. The lowest BCUT2D eigenvalue weighted by Crippen LogP contribution is -2.55. The largest absolute Gasteiger partial charge is 0.476 e. The number of nitrogens with zero attached hydrogens (tertiary/aromatic N) is 4. The number of carboxylic acid groups (broad SMARTS) is 1. The summed E-state index contributed by atoms with van der Waals surface area (Å²) in [6.45, 7) is 7.30. The highest BCUT2D eigenvalue weighted by Gasteiger charge is 2.43. The molecule has 3 amide bonds. The van der Waals surface area contributed by atoms with Gasteiger partial charge in [0.25, 0.3) is 11.8 Å². The molecule has 1 N–H and O–H groups in total. The van der Waals surface area contributed by atoms with Crippen molar-refractivity contribution in [2.45, 2.75) is 57.8 Å². The van der Waals surface area contributed by atoms with Crippen molar-refractivity contribution >= 4 is 29.6 Å². The van der Waals surface area contributed by atoms with E-state index in [9.17, 15) is 24.3 Å². The van der Waals surface area contributed by atoms with Crippen LogP contribution >= 0.6 is 0 Å². The van der Waals surface area contributed by atoms with Gasteiger partial charge in [-0.15, -0.1) is 0 Å². The first kappa shape index (κ1) is 41.6. The number of hydrogen-bond donors (Lipinski definition) is 1. The molecule has 2 aliphatic rings. The molecule has 11 nitrogen and oxygen atoms in total. The fourth-order valence-corrected chi connectivity index (χ4v) is 8.16. The SMILES string of the molecule is CCN(C(=O)c1cc2c(cc1F)OC(C)(C)C(=O)N2CCN(Cc1ccccc1)Cc1ccccc1)[C@H]1CN(C(=O)O)CC[C@@H]1c1cccc(OC(=O)c2ccccc2)c1. The van der Waals surface area contributed by atoms with E-state index < -0.39 is 35.4 Å². The van der Waals surface area contributed by atoms with Crippen molar-refractivity contribution in [3.05, 3.63) is 161 Å². The van der Waals surface area contributed by atoms with Crippen molar-refractivity contribution in [3.63, 3.8) is 0 Å². The number of carbonyl (C=O) groups excluding carboxylic acids is 3. The normalized spacial score (nSPS) is 17.1. The second-order valence-electron chi connectivity index (χ2n) is 15.7. The van der Waals surface area contributed by atoms with Gasteiger partial charge in [0.2, 0.25) is 0 Å². The Kier molecular flexibility index (Phi) is 12.6. The number of carbonyl (C=O) groups is 4. The summed E-state index contributed by atoms with van der Waals surface area (Å²) in [7, 11) is 0. The Balaban J connectivity index is 1.18. The number of hydrogen-bond acceptors (Lipinski definition) is 7. The molecule has 0 unspecified atom stereocenters. The van der Waals surface area contributed by atoms with Gasteiger partial charge < -0.3 is 29.3 Å². The van der Waals surface area contributed by atoms with E-state index in [1.54, 1.807) is 74.2 Å². The van der Waals surface area contributed by atoms with Crippen LogP contribution in [0.15, 0.2) is 127 Å². The second kappa shape index (κ2) is 18.2. The summed E-state index contributed by atoms with van der Waals surface area (Å²) in [5, 5.41) is 10.1. The number of benzene rings is 5. The first-order valence-electron chi connectivity index (χ1n) is 20.2. The molecule has 1 saturated heterocycles. The molecule has 1 fully saturated rings. The van der Waals surface area contributed by atoms with Crippen molar-refractivity contribution in [1.82, 2.24) is 14.7 Å². The molecule has 0 aromatic heterocycles. The van der Waals surface area contributed by atoms with Crippen LogP contribution in [0.2, 0.25) is 0 Å². The molecule has 0 bridgehead atoms. The maximum Gasteiger partial charge on any atom is 0.407 e. The molecule has 12 heteroatoms. The van der Waals surface area contributed by atoms with Crippen LogP contribution in [-0.4, -0.2) is 88.0 Å². The van der Waals surface area contributed by atoms with Gasteiger partial charge in [0.15, 0.2) is 5.60 Å². The number of esters is 1. The van der Waals surface area contributed by atoms with E-state index in [0.717, 1.165) is 22.8 Å². The molecule has 2 heterocycles. The highest BCUT2D eigenvalue weighted by Crippen LogP contribution is 2.41. The summed E-state index contributed by atoms with van der Waals surface area (Å²) in [5.74, 6) is -2.28. The monoisotopic (exact) mass is 812 g/mol. The van der Waals surface area contributed by atoms with Crippen LogP contribution in [0, 0.1) is 5.82 Å². The predicted molar refractivity (Wildman–Crippen MR) is 226 cm³/mol. The maximum absolute atomic E-state index is 16.3. The number of ether oxygens (including phenoxy) is 2. The Morgan fingerprint density at radius 3 is 2.12 bits per heavy atom. The Labute approximate surface area is 349 Å². The van der Waals surface area contributed by atoms with Crippen LogP contribution in [0.5, 0.6) is 11.5 Å². The highest BCUT2D eigenvalue weighted by molar-refractivity contribution is 6.04. The van der Waals surface area contributed by atoms with E-state index in [1.807, 2.05) is 42.5 Å². The van der Waals surface area contributed by atoms with Crippen LogP contribution in [0.1, 0.15) is 70.5 Å². The number of halogens is 1. The Morgan fingerprint density at radius 2 is 1.50 bits per heavy atom. The van der Waals surface area contributed by atoms with Crippen LogP contribution in [0.25, 0.3) is 0 Å². The molecule has 0 spiro atoms. The Morgan fingerprint density at radius 1 is 0.867 bits per heavy atom. The molecule has 5 aromatic rings. The lowest BCUT2D eigenvalue weighted by Gasteiger charge is -2.43. The number of anilines is 1. The zero-order valence-electron chi connectivity index (χ0n) is 34.0. The van der Waals surface area contributed by atoms with Gasteiger partial charge in [-0.05, 0) is 74.2 Å². The fraction of sp³-hybridized carbons (Fsp3) is 0.292. The minimum absolute atomic E-state index is 0.0270. The van der Waals surface area contributed by atoms with Gasteiger partial charge in [-0.3, -0.25) is 14.5 Å². The number of likely N-dealkylation sites (tertiary alicyclic amines) is 1. The predicted octanol–water partition coefficient (Wildman–Crippen LogP) is 8.25. The summed E-state index contributed by atoms with van der Waals surface area (Å²) in [6.07, 6.45) is -0.771. The zero-order valence-corrected chi connectivity index (χ0v) is 34.0. The Hall–Kier alpha value is -6.53. The van der Waals surface area contributed by atoms with Gasteiger partial charge in [0, 0.05) is 57.8 Å². The molecule has 2 atom stereocenters. The van der Waals surface area contributed by atoms with E-state index in [4.69, 9.17) is 9.47 Å². The highest BCUT2D eigenvalue weighted by atomic mass is 19.1. The Bertz CT molecular complexity index is 2280. The van der Waals surface area contributed by atoms with Gasteiger partial charge in [0.05, 0.1) is 22.9 Å². The van der Waals surface area contributed by atoms with Crippen molar-refractivity contribution in [2.24, 2.45) is 0 Å². The van der Waals surface area contributed by atoms with E-state index >= 15 is 4.39 Å². The smallest absolute Gasteiger partial charge is 0.407 e. The van der Waals surface area contributed by atoms with Crippen LogP contribution in [0.4, 0.5) is 14.9 Å². The van der Waals surface area contributed by atoms with Crippen molar-refractivity contribution in [3.8, 4) is 11.5 Å². The van der Waals surface area contributed by atoms with E-state index in [1.165, 1.54) is 15.9 Å². The molecular formula is C48H49FN4O7. The van der Waals surface area contributed by atoms with Crippen molar-refractivity contribution in [1.29, 1.82) is 0 Å². The fourth-order valence-electron chi connectivity index (χ4n) is 8.16. The number of piperidine rings is 1.